The van der Waals surface area contributed by atoms with Crippen LogP contribution in [0.4, 0.5) is 0 Å². The van der Waals surface area contributed by atoms with Crippen LogP contribution in [0.3, 0.4) is 0 Å². The second kappa shape index (κ2) is 68.6. The monoisotopic (exact) mass is 1110 g/mol. The third-order valence-electron chi connectivity index (χ3n) is 16.7. The average Bonchev–Trinajstić information content (AvgIpc) is 3.45. The first-order chi connectivity index (χ1) is 39.0. The molecule has 0 saturated carbocycles. The molecule has 0 aromatic rings. The number of aliphatic hydroxyl groups is 2. The first-order valence-electron chi connectivity index (χ1n) is 35.8. The summed E-state index contributed by atoms with van der Waals surface area (Å²) >= 11 is 0. The van der Waals surface area contributed by atoms with E-state index in [1.807, 2.05) is 6.08 Å². The van der Waals surface area contributed by atoms with Gasteiger partial charge in [0.05, 0.1) is 25.4 Å². The zero-order valence-electron chi connectivity index (χ0n) is 53.4. The summed E-state index contributed by atoms with van der Waals surface area (Å²) in [5, 5.41) is 23.3. The second-order valence-electron chi connectivity index (χ2n) is 24.6. The maximum absolute atomic E-state index is 12.5. The molecule has 6 nitrogen and oxygen atoms in total. The number of ether oxygens (including phenoxy) is 1. The fraction of sp³-hybridized carbons (Fsp3) is 0.890. The van der Waals surface area contributed by atoms with E-state index >= 15 is 0 Å². The summed E-state index contributed by atoms with van der Waals surface area (Å²) < 4.78 is 5.50. The summed E-state index contributed by atoms with van der Waals surface area (Å²) in [6, 6.07) is -0.630. The first kappa shape index (κ1) is 77.1. The number of aliphatic hydroxyl groups excluding tert-OH is 2. The Bertz CT molecular complexity index is 1280. The summed E-state index contributed by atoms with van der Waals surface area (Å²) in [4.78, 5) is 24.6. The number of nitrogens with one attached hydrogen (secondary N) is 1. The van der Waals surface area contributed by atoms with E-state index in [4.69, 9.17) is 4.74 Å². The van der Waals surface area contributed by atoms with Crippen LogP contribution >= 0.6 is 0 Å². The van der Waals surface area contributed by atoms with E-state index in [0.29, 0.717) is 19.4 Å². The molecule has 0 radical (unpaired) electrons. The summed E-state index contributed by atoms with van der Waals surface area (Å²) in [5.41, 5.74) is 0. The smallest absolute Gasteiger partial charge is 0.305 e. The number of carbonyl (C=O) groups is 2. The molecule has 2 unspecified atom stereocenters. The molecule has 1 amide bonds. The minimum Gasteiger partial charge on any atom is -0.466 e. The minimum absolute atomic E-state index is 0.00562. The van der Waals surface area contributed by atoms with Crippen molar-refractivity contribution in [3.05, 3.63) is 36.5 Å². The number of hydrogen-bond acceptors (Lipinski definition) is 5. The maximum atomic E-state index is 12.5. The van der Waals surface area contributed by atoms with Crippen LogP contribution in [0.15, 0.2) is 36.5 Å². The van der Waals surface area contributed by atoms with Crippen molar-refractivity contribution < 1.29 is 24.5 Å². The fourth-order valence-electron chi connectivity index (χ4n) is 11.2. The molecule has 0 aliphatic rings. The zero-order valence-corrected chi connectivity index (χ0v) is 53.4. The number of esters is 1. The van der Waals surface area contributed by atoms with Crippen molar-refractivity contribution in [2.75, 3.05) is 13.2 Å². The molecule has 6 heteroatoms. The van der Waals surface area contributed by atoms with E-state index in [1.165, 1.54) is 315 Å². The van der Waals surface area contributed by atoms with Gasteiger partial charge in [-0.2, -0.15) is 0 Å². The molecule has 3 N–H and O–H groups in total. The van der Waals surface area contributed by atoms with Gasteiger partial charge in [-0.3, -0.25) is 9.59 Å². The Hall–Kier alpha value is -1.92. The van der Waals surface area contributed by atoms with Gasteiger partial charge in [0.1, 0.15) is 0 Å². The normalized spacial score (nSPS) is 12.7. The summed E-state index contributed by atoms with van der Waals surface area (Å²) in [6.45, 7) is 4.91. The van der Waals surface area contributed by atoms with Crippen LogP contribution in [-0.2, 0) is 14.3 Å². The molecule has 79 heavy (non-hydrogen) atoms. The lowest BCUT2D eigenvalue weighted by molar-refractivity contribution is -0.143. The molecule has 0 aliphatic heterocycles. The molecule has 0 rings (SSSR count). The van der Waals surface area contributed by atoms with Crippen LogP contribution in [0.2, 0.25) is 0 Å². The number of hydrogen-bond donors (Lipinski definition) is 3. The third kappa shape index (κ3) is 65.1. The Kier molecular flexibility index (Phi) is 66.9. The van der Waals surface area contributed by atoms with Crippen LogP contribution in [0.25, 0.3) is 0 Å². The minimum atomic E-state index is -0.846. The lowest BCUT2D eigenvalue weighted by atomic mass is 10.0. The maximum Gasteiger partial charge on any atom is 0.305 e. The Morgan fingerprint density at radius 1 is 0.354 bits per heavy atom. The molecule has 2 atom stereocenters. The molecule has 0 heterocycles. The van der Waals surface area contributed by atoms with Crippen molar-refractivity contribution in [2.24, 2.45) is 0 Å². The van der Waals surface area contributed by atoms with Gasteiger partial charge in [0.15, 0.2) is 0 Å². The van der Waals surface area contributed by atoms with E-state index in [2.05, 4.69) is 43.5 Å². The highest BCUT2D eigenvalue weighted by atomic mass is 16.5. The molecule has 0 spiro atoms. The van der Waals surface area contributed by atoms with Crippen molar-refractivity contribution in [2.45, 2.75) is 405 Å². The van der Waals surface area contributed by atoms with Gasteiger partial charge in [-0.05, 0) is 64.2 Å². The number of carbonyl (C=O) groups excluding carboxylic acids is 2. The highest BCUT2D eigenvalue weighted by Gasteiger charge is 2.18. The van der Waals surface area contributed by atoms with Gasteiger partial charge < -0.3 is 20.3 Å². The lowest BCUT2D eigenvalue weighted by Crippen LogP contribution is -2.45. The number of unbranched alkanes of at least 4 members (excludes halogenated alkanes) is 52. The van der Waals surface area contributed by atoms with Gasteiger partial charge in [0, 0.05) is 12.8 Å². The molecule has 0 bridgehead atoms. The van der Waals surface area contributed by atoms with Gasteiger partial charge >= 0.3 is 5.97 Å². The van der Waals surface area contributed by atoms with Gasteiger partial charge in [-0.1, -0.05) is 352 Å². The predicted molar refractivity (Wildman–Crippen MR) is 347 cm³/mol. The van der Waals surface area contributed by atoms with Crippen LogP contribution < -0.4 is 5.32 Å². The van der Waals surface area contributed by atoms with Gasteiger partial charge in [-0.25, -0.2) is 0 Å². The van der Waals surface area contributed by atoms with Crippen LogP contribution in [-0.4, -0.2) is 47.4 Å². The number of allylic oxidation sites excluding steroid dienone is 5. The number of rotatable bonds is 67. The quantitative estimate of drug-likeness (QED) is 0.0320. The highest BCUT2D eigenvalue weighted by molar-refractivity contribution is 5.76. The highest BCUT2D eigenvalue weighted by Crippen LogP contribution is 2.19. The van der Waals surface area contributed by atoms with E-state index in [0.717, 1.165) is 51.4 Å². The fourth-order valence-corrected chi connectivity index (χ4v) is 11.2. The Morgan fingerprint density at radius 3 is 0.987 bits per heavy atom. The second-order valence-corrected chi connectivity index (χ2v) is 24.6. The molecule has 0 aromatic carbocycles. The van der Waals surface area contributed by atoms with Gasteiger partial charge in [0.2, 0.25) is 5.91 Å². The van der Waals surface area contributed by atoms with Gasteiger partial charge in [-0.15, -0.1) is 0 Å². The summed E-state index contributed by atoms with van der Waals surface area (Å²) in [7, 11) is 0. The van der Waals surface area contributed by atoms with Crippen LogP contribution in [0.5, 0.6) is 0 Å². The largest absolute Gasteiger partial charge is 0.466 e. The van der Waals surface area contributed by atoms with Crippen LogP contribution in [0.1, 0.15) is 393 Å². The Morgan fingerprint density at radius 2 is 0.633 bits per heavy atom. The van der Waals surface area contributed by atoms with Crippen LogP contribution in [0, 0.1) is 0 Å². The van der Waals surface area contributed by atoms with E-state index in [-0.39, 0.29) is 18.5 Å². The summed E-state index contributed by atoms with van der Waals surface area (Å²) in [6.07, 6.45) is 87.9. The standard InChI is InChI=1S/C73H139NO5/c1-3-5-7-9-11-13-15-17-19-21-22-23-24-27-30-34-37-41-45-49-53-57-61-65-71(76)70(69-75)74-72(77)66-62-58-54-50-46-42-38-35-31-28-25-26-29-32-36-40-44-48-52-56-60-64-68-79-73(78)67-63-59-55-51-47-43-39-33-20-18-16-14-12-10-8-6-4-2/h12,14,18,20,61,65,70-71,75-76H,3-11,13,15-17,19,21-60,62-64,66-69H2,1-2H3,(H,74,77)/b14-12-,20-18-,65-61+. The zero-order chi connectivity index (χ0) is 57.1. The van der Waals surface area contributed by atoms with E-state index in [1.54, 1.807) is 6.08 Å². The molecule has 0 saturated heterocycles. The first-order valence-corrected chi connectivity index (χ1v) is 35.8. The van der Waals surface area contributed by atoms with Crippen molar-refractivity contribution >= 4 is 11.9 Å². The van der Waals surface area contributed by atoms with Gasteiger partial charge in [0.25, 0.3) is 0 Å². The molecular weight excluding hydrogens is 971 g/mol. The topological polar surface area (TPSA) is 95.9 Å². The summed E-state index contributed by atoms with van der Waals surface area (Å²) in [5.74, 6) is -0.0586. The molecule has 0 aromatic heterocycles. The number of amides is 1. The average molecular weight is 1110 g/mol. The SMILES string of the molecule is CCCCC/C=C\C/C=C\CCCCCCCCCC(=O)OCCCCCCCCCCCCCCCCCCCCCCCCC(=O)NC(CO)C(O)/C=C/CCCCCCCCCCCCCCCCCCCCCCC. The van der Waals surface area contributed by atoms with Crippen molar-refractivity contribution in [3.8, 4) is 0 Å². The van der Waals surface area contributed by atoms with Crippen molar-refractivity contribution in [1.29, 1.82) is 0 Å². The molecular formula is C73H139NO5. The van der Waals surface area contributed by atoms with E-state index < -0.39 is 12.1 Å². The Labute approximate surface area is 494 Å². The van der Waals surface area contributed by atoms with E-state index in [9.17, 15) is 19.8 Å². The van der Waals surface area contributed by atoms with Crippen molar-refractivity contribution in [3.63, 3.8) is 0 Å². The predicted octanol–water partition coefficient (Wildman–Crippen LogP) is 23.1. The third-order valence-corrected chi connectivity index (χ3v) is 16.7. The molecule has 0 aliphatic carbocycles. The molecule has 466 valence electrons. The Balaban J connectivity index is 3.41. The molecule has 0 fully saturated rings. The van der Waals surface area contributed by atoms with Crippen molar-refractivity contribution in [1.82, 2.24) is 5.32 Å². The lowest BCUT2D eigenvalue weighted by Gasteiger charge is -2.20.